The maximum absolute atomic E-state index is 4.57. The molecular weight excluding hydrogens is 212 g/mol. The molecule has 0 spiro atoms. The third-order valence-corrected chi connectivity index (χ3v) is 3.36. The summed E-state index contributed by atoms with van der Waals surface area (Å²) in [6.07, 6.45) is 2.47. The highest BCUT2D eigenvalue weighted by Gasteiger charge is 2.33. The predicted octanol–water partition coefficient (Wildman–Crippen LogP) is 2.60. The van der Waals surface area contributed by atoms with E-state index in [1.807, 2.05) is 6.92 Å². The van der Waals surface area contributed by atoms with E-state index in [0.717, 1.165) is 30.5 Å². The molecule has 0 aromatic carbocycles. The Morgan fingerprint density at radius 3 is 2.76 bits per heavy atom. The molecule has 1 aromatic rings. The Morgan fingerprint density at radius 1 is 1.41 bits per heavy atom. The van der Waals surface area contributed by atoms with Crippen molar-refractivity contribution in [2.24, 2.45) is 0 Å². The summed E-state index contributed by atoms with van der Waals surface area (Å²) in [7, 11) is 0. The first-order valence-electron chi connectivity index (χ1n) is 6.40. The largest absolute Gasteiger partial charge is 0.370 e. The van der Waals surface area contributed by atoms with Crippen molar-refractivity contribution in [3.05, 3.63) is 11.9 Å². The molecule has 0 aliphatic carbocycles. The molecule has 4 heteroatoms. The highest BCUT2D eigenvalue weighted by atomic mass is 15.3. The van der Waals surface area contributed by atoms with Gasteiger partial charge < -0.3 is 10.2 Å². The van der Waals surface area contributed by atoms with Crippen LogP contribution in [0, 0.1) is 6.92 Å². The van der Waals surface area contributed by atoms with E-state index in [1.165, 1.54) is 12.8 Å². The zero-order chi connectivity index (χ0) is 12.5. The highest BCUT2D eigenvalue weighted by molar-refractivity contribution is 5.51. The second-order valence-electron chi connectivity index (χ2n) is 5.26. The van der Waals surface area contributed by atoms with Crippen molar-refractivity contribution in [3.8, 4) is 0 Å². The molecule has 0 radical (unpaired) electrons. The molecule has 1 saturated heterocycles. The van der Waals surface area contributed by atoms with Crippen LogP contribution in [0.1, 0.15) is 39.4 Å². The Morgan fingerprint density at radius 2 is 2.18 bits per heavy atom. The number of nitrogens with one attached hydrogen (secondary N) is 1. The van der Waals surface area contributed by atoms with Gasteiger partial charge in [0.05, 0.1) is 0 Å². The standard InChI is InChI=1S/C13H22N4/c1-5-14-11-9-12(16-10(2)15-11)17-8-6-7-13(17,3)4/h9H,5-8H2,1-4H3,(H,14,15,16). The average Bonchev–Trinajstić information content (AvgIpc) is 2.57. The molecule has 17 heavy (non-hydrogen) atoms. The summed E-state index contributed by atoms with van der Waals surface area (Å²) < 4.78 is 0. The number of rotatable bonds is 3. The first-order chi connectivity index (χ1) is 8.03. The molecule has 2 heterocycles. The van der Waals surface area contributed by atoms with Crippen molar-refractivity contribution in [2.45, 2.75) is 46.1 Å². The van der Waals surface area contributed by atoms with Crippen molar-refractivity contribution in [1.29, 1.82) is 0 Å². The van der Waals surface area contributed by atoms with Gasteiger partial charge in [0, 0.05) is 24.7 Å². The molecule has 0 unspecified atom stereocenters. The van der Waals surface area contributed by atoms with E-state index < -0.39 is 0 Å². The minimum atomic E-state index is 0.213. The van der Waals surface area contributed by atoms with Crippen molar-refractivity contribution < 1.29 is 0 Å². The topological polar surface area (TPSA) is 41.0 Å². The van der Waals surface area contributed by atoms with Crippen molar-refractivity contribution in [1.82, 2.24) is 9.97 Å². The second-order valence-corrected chi connectivity index (χ2v) is 5.26. The van der Waals surface area contributed by atoms with Crippen LogP contribution in [0.4, 0.5) is 11.6 Å². The fraction of sp³-hybridized carbons (Fsp3) is 0.692. The van der Waals surface area contributed by atoms with E-state index >= 15 is 0 Å². The molecule has 1 N–H and O–H groups in total. The smallest absolute Gasteiger partial charge is 0.134 e. The molecule has 94 valence electrons. The van der Waals surface area contributed by atoms with Crippen molar-refractivity contribution >= 4 is 11.6 Å². The van der Waals surface area contributed by atoms with Gasteiger partial charge in [-0.2, -0.15) is 0 Å². The SMILES string of the molecule is CCNc1cc(N2CCCC2(C)C)nc(C)n1. The highest BCUT2D eigenvalue weighted by Crippen LogP contribution is 2.33. The van der Waals surface area contributed by atoms with Gasteiger partial charge in [-0.3, -0.25) is 0 Å². The third kappa shape index (κ3) is 2.51. The van der Waals surface area contributed by atoms with Gasteiger partial charge in [0.2, 0.25) is 0 Å². The number of aryl methyl sites for hydroxylation is 1. The lowest BCUT2D eigenvalue weighted by Crippen LogP contribution is -2.38. The van der Waals surface area contributed by atoms with Gasteiger partial charge in [0.15, 0.2) is 0 Å². The van der Waals surface area contributed by atoms with E-state index in [1.54, 1.807) is 0 Å². The molecule has 4 nitrogen and oxygen atoms in total. The van der Waals surface area contributed by atoms with Gasteiger partial charge in [-0.15, -0.1) is 0 Å². The molecule has 1 aliphatic rings. The molecule has 0 saturated carbocycles. The number of hydrogen-bond donors (Lipinski definition) is 1. The Hall–Kier alpha value is -1.32. The molecule has 2 rings (SSSR count). The zero-order valence-corrected chi connectivity index (χ0v) is 11.2. The first kappa shape index (κ1) is 12.1. The molecule has 0 atom stereocenters. The lowest BCUT2D eigenvalue weighted by molar-refractivity contribution is 0.514. The monoisotopic (exact) mass is 234 g/mol. The summed E-state index contributed by atoms with van der Waals surface area (Å²) in [6.45, 7) is 10.6. The van der Waals surface area contributed by atoms with Crippen LogP contribution in [0.25, 0.3) is 0 Å². The van der Waals surface area contributed by atoms with E-state index in [0.29, 0.717) is 0 Å². The van der Waals surface area contributed by atoms with Crippen LogP contribution in [0.3, 0.4) is 0 Å². The van der Waals surface area contributed by atoms with E-state index in [9.17, 15) is 0 Å². The maximum Gasteiger partial charge on any atom is 0.134 e. The summed E-state index contributed by atoms with van der Waals surface area (Å²) in [5.74, 6) is 2.81. The van der Waals surface area contributed by atoms with Gasteiger partial charge in [0.1, 0.15) is 17.5 Å². The molecule has 0 bridgehead atoms. The Labute approximate surface area is 103 Å². The van der Waals surface area contributed by atoms with Crippen LogP contribution >= 0.6 is 0 Å². The second kappa shape index (κ2) is 4.51. The van der Waals surface area contributed by atoms with Gasteiger partial charge in [-0.1, -0.05) is 0 Å². The number of hydrogen-bond acceptors (Lipinski definition) is 4. The summed E-state index contributed by atoms with van der Waals surface area (Å²) >= 11 is 0. The Kier molecular flexibility index (Phi) is 3.22. The first-order valence-corrected chi connectivity index (χ1v) is 6.40. The summed E-state index contributed by atoms with van der Waals surface area (Å²) in [4.78, 5) is 11.4. The number of anilines is 2. The number of nitrogens with zero attached hydrogens (tertiary/aromatic N) is 3. The zero-order valence-electron chi connectivity index (χ0n) is 11.2. The minimum Gasteiger partial charge on any atom is -0.370 e. The van der Waals surface area contributed by atoms with Gasteiger partial charge in [-0.05, 0) is 40.5 Å². The summed E-state index contributed by atoms with van der Waals surface area (Å²) in [5, 5.41) is 3.26. The van der Waals surface area contributed by atoms with E-state index in [4.69, 9.17) is 0 Å². The average molecular weight is 234 g/mol. The fourth-order valence-electron chi connectivity index (χ4n) is 2.49. The molecule has 1 fully saturated rings. The van der Waals surface area contributed by atoms with Crippen LogP contribution in [-0.4, -0.2) is 28.6 Å². The van der Waals surface area contributed by atoms with Crippen LogP contribution < -0.4 is 10.2 Å². The number of aromatic nitrogens is 2. The maximum atomic E-state index is 4.57. The van der Waals surface area contributed by atoms with Crippen LogP contribution in [0.2, 0.25) is 0 Å². The van der Waals surface area contributed by atoms with E-state index in [-0.39, 0.29) is 5.54 Å². The van der Waals surface area contributed by atoms with Gasteiger partial charge >= 0.3 is 0 Å². The quantitative estimate of drug-likeness (QED) is 0.872. The van der Waals surface area contributed by atoms with Crippen LogP contribution in [0.15, 0.2) is 6.07 Å². The molecule has 1 aromatic heterocycles. The normalized spacial score (nSPS) is 18.5. The Balaban J connectivity index is 2.31. The fourth-order valence-corrected chi connectivity index (χ4v) is 2.49. The minimum absolute atomic E-state index is 0.213. The van der Waals surface area contributed by atoms with Crippen molar-refractivity contribution in [3.63, 3.8) is 0 Å². The summed E-state index contributed by atoms with van der Waals surface area (Å²) in [5.41, 5.74) is 0.213. The molecular formula is C13H22N4. The predicted molar refractivity (Wildman–Crippen MR) is 71.6 cm³/mol. The molecule has 0 amide bonds. The van der Waals surface area contributed by atoms with Gasteiger partial charge in [-0.25, -0.2) is 9.97 Å². The summed E-state index contributed by atoms with van der Waals surface area (Å²) in [6, 6.07) is 2.06. The van der Waals surface area contributed by atoms with Crippen LogP contribution in [-0.2, 0) is 0 Å². The van der Waals surface area contributed by atoms with E-state index in [2.05, 4.69) is 47.0 Å². The van der Waals surface area contributed by atoms with Gasteiger partial charge in [0.25, 0.3) is 0 Å². The third-order valence-electron chi connectivity index (χ3n) is 3.36. The lowest BCUT2D eigenvalue weighted by Gasteiger charge is -2.32. The Bertz CT molecular complexity index is 400. The van der Waals surface area contributed by atoms with Crippen LogP contribution in [0.5, 0.6) is 0 Å². The molecule has 1 aliphatic heterocycles. The lowest BCUT2D eigenvalue weighted by atomic mass is 10.0. The van der Waals surface area contributed by atoms with Crippen molar-refractivity contribution in [2.75, 3.05) is 23.3 Å².